The molecule has 0 saturated carbocycles. The van der Waals surface area contributed by atoms with Gasteiger partial charge >= 0.3 is 29.0 Å². The largest absolute Gasteiger partial charge is 2.00 e. The molecule has 0 saturated heterocycles. The molecular formula is C37H38FeN4O5. The van der Waals surface area contributed by atoms with Crippen molar-refractivity contribution >= 4 is 68.2 Å². The Balaban J connectivity index is 0.00000114. The number of fused-ring (bicyclic) bond motifs is 8. The Hall–Kier alpha value is -4.79. The number of rotatable bonds is 8. The normalized spacial score (nSPS) is 12.2. The number of aryl methyl sites for hydroxylation is 3. The molecule has 2 N–H and O–H groups in total. The summed E-state index contributed by atoms with van der Waals surface area (Å²) in [4.78, 5) is 52.2. The molecule has 3 aromatic heterocycles. The molecule has 2 aliphatic heterocycles. The molecule has 244 valence electrons. The number of hydrogen-bond donors (Lipinski definition) is 2. The number of aromatic nitrogens is 4. The quantitative estimate of drug-likeness (QED) is 0.234. The number of carboxylic acid groups (broad SMARTS) is 2. The van der Waals surface area contributed by atoms with Gasteiger partial charge < -0.3 is 25.0 Å². The maximum Gasteiger partial charge on any atom is 2.00 e. The van der Waals surface area contributed by atoms with Gasteiger partial charge in [0, 0.05) is 18.4 Å². The van der Waals surface area contributed by atoms with E-state index in [4.69, 9.17) is 19.9 Å². The number of carbonyl (C=O) groups is 3. The van der Waals surface area contributed by atoms with E-state index in [1.165, 1.54) is 13.8 Å². The molecule has 10 heteroatoms. The van der Waals surface area contributed by atoms with Crippen LogP contribution in [0.25, 0.3) is 50.4 Å². The first-order chi connectivity index (χ1) is 21.7. The van der Waals surface area contributed by atoms with E-state index in [1.807, 2.05) is 52.0 Å². The summed E-state index contributed by atoms with van der Waals surface area (Å²) < 4.78 is 0. The van der Waals surface area contributed by atoms with Gasteiger partial charge in [-0.2, -0.15) is 0 Å². The SMILES string of the molecule is C=CC1=C(C)c2cc3[n-]c(cc4nc(cc5[n-]c(cc1n2)c(C)c5C=C)C(C)=C4CCC(=O)O)c(CCC(=O)O)c3C.CC(C)=O.[Fe+2]. The van der Waals surface area contributed by atoms with E-state index < -0.39 is 11.9 Å². The number of carboxylic acids is 2. The first-order valence-corrected chi connectivity index (χ1v) is 15.0. The van der Waals surface area contributed by atoms with E-state index >= 15 is 0 Å². The number of carbonyl (C=O) groups excluding carboxylic acids is 1. The van der Waals surface area contributed by atoms with Crippen LogP contribution in [0, 0.1) is 13.8 Å². The molecule has 3 aromatic rings. The van der Waals surface area contributed by atoms with Gasteiger partial charge in [0.1, 0.15) is 5.78 Å². The molecule has 5 heterocycles. The van der Waals surface area contributed by atoms with Gasteiger partial charge in [0.25, 0.3) is 0 Å². The number of Topliss-reactive ketones (excluding diaryl/α,β-unsaturated/α-hetero) is 1. The number of hydrogen-bond acceptors (Lipinski definition) is 5. The molecule has 0 amide bonds. The monoisotopic (exact) mass is 674 g/mol. The Labute approximate surface area is 284 Å². The fourth-order valence-electron chi connectivity index (χ4n) is 5.61. The third-order valence-corrected chi connectivity index (χ3v) is 8.06. The third-order valence-electron chi connectivity index (χ3n) is 8.06. The number of aliphatic carboxylic acids is 2. The number of nitrogens with zero attached hydrogens (tertiary/aromatic N) is 4. The van der Waals surface area contributed by atoms with Gasteiger partial charge in [-0.1, -0.05) is 66.3 Å². The molecule has 0 radical (unpaired) electrons. The average Bonchev–Trinajstić information content (AvgIpc) is 3.63. The van der Waals surface area contributed by atoms with Crippen molar-refractivity contribution in [1.82, 2.24) is 19.9 Å². The van der Waals surface area contributed by atoms with Gasteiger partial charge in [0.2, 0.25) is 0 Å². The van der Waals surface area contributed by atoms with Gasteiger partial charge in [-0.05, 0) is 76.7 Å². The van der Waals surface area contributed by atoms with Gasteiger partial charge in [-0.15, -0.1) is 22.1 Å². The Kier molecular flexibility index (Phi) is 11.9. The van der Waals surface area contributed by atoms with Crippen LogP contribution in [0.1, 0.15) is 92.0 Å². The summed E-state index contributed by atoms with van der Waals surface area (Å²) >= 11 is 0. The van der Waals surface area contributed by atoms with Gasteiger partial charge in [0.15, 0.2) is 0 Å². The van der Waals surface area contributed by atoms with Crippen molar-refractivity contribution in [3.05, 3.63) is 88.5 Å². The van der Waals surface area contributed by atoms with E-state index in [1.54, 1.807) is 12.2 Å². The van der Waals surface area contributed by atoms with Crippen molar-refractivity contribution in [3.8, 4) is 0 Å². The van der Waals surface area contributed by atoms with E-state index in [0.717, 1.165) is 61.5 Å². The van der Waals surface area contributed by atoms with Crippen LogP contribution in [0.15, 0.2) is 43.5 Å². The van der Waals surface area contributed by atoms with Crippen LogP contribution in [0.4, 0.5) is 0 Å². The van der Waals surface area contributed by atoms with Gasteiger partial charge in [-0.3, -0.25) is 9.59 Å². The average molecular weight is 675 g/mol. The molecule has 5 rings (SSSR count). The second kappa shape index (κ2) is 15.2. The van der Waals surface area contributed by atoms with Crippen LogP contribution < -0.4 is 9.97 Å². The number of allylic oxidation sites excluding steroid dienone is 5. The molecule has 47 heavy (non-hydrogen) atoms. The second-order valence-corrected chi connectivity index (χ2v) is 11.5. The predicted molar refractivity (Wildman–Crippen MR) is 183 cm³/mol. The van der Waals surface area contributed by atoms with Crippen LogP contribution >= 0.6 is 0 Å². The zero-order valence-electron chi connectivity index (χ0n) is 27.5. The molecule has 0 aliphatic carbocycles. The number of ketones is 1. The fourth-order valence-corrected chi connectivity index (χ4v) is 5.61. The molecule has 0 spiro atoms. The molecule has 8 bridgehead atoms. The Bertz CT molecular complexity index is 2020. The predicted octanol–water partition coefficient (Wildman–Crippen LogP) is 7.36. The zero-order valence-corrected chi connectivity index (χ0v) is 28.6. The van der Waals surface area contributed by atoms with Crippen molar-refractivity contribution in [1.29, 1.82) is 0 Å². The molecule has 0 unspecified atom stereocenters. The van der Waals surface area contributed by atoms with Crippen molar-refractivity contribution < 1.29 is 41.7 Å². The first-order valence-electron chi connectivity index (χ1n) is 15.0. The summed E-state index contributed by atoms with van der Waals surface area (Å²) in [7, 11) is 0. The van der Waals surface area contributed by atoms with Crippen LogP contribution in [0.3, 0.4) is 0 Å². The summed E-state index contributed by atoms with van der Waals surface area (Å²) in [6, 6.07) is 7.62. The van der Waals surface area contributed by atoms with Crippen molar-refractivity contribution in [2.45, 2.75) is 67.2 Å². The molecular weight excluding hydrogens is 636 g/mol. The minimum atomic E-state index is -0.898. The minimum Gasteiger partial charge on any atom is -0.657 e. The summed E-state index contributed by atoms with van der Waals surface area (Å²) in [6.45, 7) is 18.9. The van der Waals surface area contributed by atoms with E-state index in [-0.39, 0.29) is 35.7 Å². The zero-order chi connectivity index (χ0) is 33.9. The van der Waals surface area contributed by atoms with E-state index in [0.29, 0.717) is 40.8 Å². The summed E-state index contributed by atoms with van der Waals surface area (Å²) in [6.07, 6.45) is 4.06. The second-order valence-electron chi connectivity index (χ2n) is 11.5. The Morgan fingerprint density at radius 3 is 1.79 bits per heavy atom. The Morgan fingerprint density at radius 1 is 0.702 bits per heavy atom. The third kappa shape index (κ3) is 7.96. The van der Waals surface area contributed by atoms with Crippen molar-refractivity contribution in [2.75, 3.05) is 0 Å². The molecule has 2 aliphatic rings. The molecule has 0 fully saturated rings. The summed E-state index contributed by atoms with van der Waals surface area (Å²) in [5.41, 5.74) is 12.6. The molecule has 0 atom stereocenters. The van der Waals surface area contributed by atoms with Crippen molar-refractivity contribution in [2.24, 2.45) is 0 Å². The fraction of sp³-hybridized carbons (Fsp3) is 0.270. The topological polar surface area (TPSA) is 146 Å². The smallest absolute Gasteiger partial charge is 0.657 e. The van der Waals surface area contributed by atoms with Crippen LogP contribution in [0.2, 0.25) is 0 Å². The van der Waals surface area contributed by atoms with E-state index in [9.17, 15) is 24.6 Å². The minimum absolute atomic E-state index is 0. The van der Waals surface area contributed by atoms with E-state index in [2.05, 4.69) is 13.2 Å². The maximum absolute atomic E-state index is 11.5. The Morgan fingerprint density at radius 2 is 1.19 bits per heavy atom. The van der Waals surface area contributed by atoms with Crippen LogP contribution in [-0.4, -0.2) is 37.9 Å². The standard InChI is InChI=1S/C34H34N4O4.C3H6O.Fe/c1-7-21-17(3)25-13-26-19(5)23(9-11-33(39)40)31(37-26)16-32-24(10-12-34(41)42)20(6)28(38-32)15-30-22(8-2)18(4)27(36-30)14-29(21)35-25;1-3(2)4;/h7-8,13-16H,1-2,9-12H2,3-6H3,(H4,35,36,37,38,39,40,41,42);1-2H3;/q;;+2/p-2. The molecule has 0 aromatic carbocycles. The van der Waals surface area contributed by atoms with Gasteiger partial charge in [-0.25, -0.2) is 9.97 Å². The van der Waals surface area contributed by atoms with Crippen molar-refractivity contribution in [3.63, 3.8) is 0 Å². The summed E-state index contributed by atoms with van der Waals surface area (Å²) in [5.74, 6) is -1.63. The van der Waals surface area contributed by atoms with Gasteiger partial charge in [0.05, 0.1) is 22.8 Å². The first kappa shape index (κ1) is 36.7. The molecule has 9 nitrogen and oxygen atoms in total. The summed E-state index contributed by atoms with van der Waals surface area (Å²) in [5, 5.41) is 18.9. The van der Waals surface area contributed by atoms with Crippen LogP contribution in [0.5, 0.6) is 0 Å². The van der Waals surface area contributed by atoms with Crippen LogP contribution in [-0.2, 0) is 37.9 Å². The maximum atomic E-state index is 11.5.